The van der Waals surface area contributed by atoms with E-state index in [1.54, 1.807) is 0 Å². The van der Waals surface area contributed by atoms with Crippen molar-refractivity contribution in [2.24, 2.45) is 0 Å². The minimum Gasteiger partial charge on any atom is -0.361 e. The first-order chi connectivity index (χ1) is 15.5. The zero-order valence-corrected chi connectivity index (χ0v) is 19.4. The summed E-state index contributed by atoms with van der Waals surface area (Å²) in [6.45, 7) is 3.95. The van der Waals surface area contributed by atoms with Crippen LogP contribution in [0, 0.1) is 6.92 Å². The Morgan fingerprint density at radius 1 is 0.906 bits per heavy atom. The number of aryl methyl sites for hydroxylation is 1. The van der Waals surface area contributed by atoms with Crippen LogP contribution >= 0.6 is 24.0 Å². The molecular formula is C25H24N4OS2. The summed E-state index contributed by atoms with van der Waals surface area (Å²) in [6, 6.07) is 23.8. The number of H-pyrrole nitrogens is 1. The van der Waals surface area contributed by atoms with E-state index in [0.29, 0.717) is 5.11 Å². The molecule has 0 aliphatic heterocycles. The maximum atomic E-state index is 12.7. The van der Waals surface area contributed by atoms with Gasteiger partial charge >= 0.3 is 0 Å². The van der Waals surface area contributed by atoms with Gasteiger partial charge in [0.15, 0.2) is 5.11 Å². The van der Waals surface area contributed by atoms with Crippen LogP contribution in [0.3, 0.4) is 0 Å². The van der Waals surface area contributed by atoms with Gasteiger partial charge < -0.3 is 20.9 Å². The molecule has 7 heteroatoms. The average molecular weight is 461 g/mol. The van der Waals surface area contributed by atoms with Crippen LogP contribution in [-0.2, 0) is 4.79 Å². The minimum absolute atomic E-state index is 0.0455. The smallest absolute Gasteiger partial charge is 0.237 e. The third-order valence-electron chi connectivity index (χ3n) is 4.91. The molecule has 1 amide bonds. The summed E-state index contributed by atoms with van der Waals surface area (Å²) in [6.07, 6.45) is 1.89. The van der Waals surface area contributed by atoms with Crippen molar-refractivity contribution in [3.63, 3.8) is 0 Å². The molecule has 0 aliphatic rings. The number of thioether (sulfide) groups is 1. The van der Waals surface area contributed by atoms with Gasteiger partial charge in [0.25, 0.3) is 0 Å². The third-order valence-corrected chi connectivity index (χ3v) is 6.20. The number of aromatic nitrogens is 1. The van der Waals surface area contributed by atoms with E-state index < -0.39 is 0 Å². The Hall–Kier alpha value is -3.29. The number of benzene rings is 3. The van der Waals surface area contributed by atoms with Crippen molar-refractivity contribution >= 4 is 63.0 Å². The van der Waals surface area contributed by atoms with E-state index in [0.717, 1.165) is 32.9 Å². The summed E-state index contributed by atoms with van der Waals surface area (Å²) in [5.74, 6) is -0.0455. The summed E-state index contributed by atoms with van der Waals surface area (Å²) in [5.41, 5.74) is 4.77. The number of amides is 1. The zero-order chi connectivity index (χ0) is 22.5. The van der Waals surface area contributed by atoms with E-state index in [2.05, 4.69) is 20.9 Å². The fourth-order valence-electron chi connectivity index (χ4n) is 3.20. The van der Waals surface area contributed by atoms with Crippen molar-refractivity contribution in [2.45, 2.75) is 24.0 Å². The van der Waals surface area contributed by atoms with E-state index >= 15 is 0 Å². The van der Waals surface area contributed by atoms with Crippen molar-refractivity contribution in [1.29, 1.82) is 0 Å². The zero-order valence-electron chi connectivity index (χ0n) is 17.8. The van der Waals surface area contributed by atoms with Crippen LogP contribution in [0.2, 0.25) is 0 Å². The van der Waals surface area contributed by atoms with Gasteiger partial charge in [0.2, 0.25) is 5.91 Å². The lowest BCUT2D eigenvalue weighted by atomic mass is 10.2. The van der Waals surface area contributed by atoms with E-state index in [1.807, 2.05) is 92.8 Å². The van der Waals surface area contributed by atoms with Crippen molar-refractivity contribution in [3.05, 3.63) is 84.6 Å². The van der Waals surface area contributed by atoms with E-state index in [9.17, 15) is 4.79 Å². The van der Waals surface area contributed by atoms with Crippen LogP contribution < -0.4 is 16.0 Å². The van der Waals surface area contributed by atoms with E-state index in [1.165, 1.54) is 17.3 Å². The molecule has 1 heterocycles. The summed E-state index contributed by atoms with van der Waals surface area (Å²) in [7, 11) is 0. The lowest BCUT2D eigenvalue weighted by Gasteiger charge is -2.14. The third kappa shape index (κ3) is 5.69. The highest BCUT2D eigenvalue weighted by Gasteiger charge is 2.15. The first kappa shape index (κ1) is 21.9. The number of carbonyl (C=O) groups is 1. The number of thiocarbonyl (C=S) groups is 1. The molecule has 162 valence electrons. The Morgan fingerprint density at radius 3 is 2.44 bits per heavy atom. The number of anilines is 3. The molecule has 0 spiro atoms. The second-order valence-electron chi connectivity index (χ2n) is 7.50. The summed E-state index contributed by atoms with van der Waals surface area (Å²) < 4.78 is 0. The quantitative estimate of drug-likeness (QED) is 0.198. The summed E-state index contributed by atoms with van der Waals surface area (Å²) >= 11 is 6.93. The molecule has 32 heavy (non-hydrogen) atoms. The fraction of sp³-hybridized carbons (Fsp3) is 0.120. The maximum Gasteiger partial charge on any atom is 0.237 e. The molecule has 0 bridgehead atoms. The molecule has 0 radical (unpaired) electrons. The summed E-state index contributed by atoms with van der Waals surface area (Å²) in [5, 5.41) is 10.8. The number of carbonyl (C=O) groups excluding carboxylic acids is 1. The molecule has 0 saturated heterocycles. The van der Waals surface area contributed by atoms with Crippen molar-refractivity contribution in [2.75, 3.05) is 16.0 Å². The number of rotatable bonds is 6. The molecule has 3 aromatic carbocycles. The molecule has 0 aliphatic carbocycles. The molecule has 1 atom stereocenters. The van der Waals surface area contributed by atoms with Crippen molar-refractivity contribution in [1.82, 2.24) is 4.98 Å². The Bertz CT molecular complexity index is 1250. The Labute approximate surface area is 197 Å². The molecule has 4 rings (SSSR count). The van der Waals surface area contributed by atoms with Crippen molar-refractivity contribution in [3.8, 4) is 0 Å². The topological polar surface area (TPSA) is 68.9 Å². The molecule has 4 aromatic rings. The van der Waals surface area contributed by atoms with Crippen LogP contribution in [-0.4, -0.2) is 21.3 Å². The van der Waals surface area contributed by atoms with Gasteiger partial charge in [-0.05, 0) is 80.0 Å². The molecule has 1 aromatic heterocycles. The lowest BCUT2D eigenvalue weighted by Crippen LogP contribution is -2.22. The van der Waals surface area contributed by atoms with Crippen molar-refractivity contribution < 1.29 is 4.79 Å². The number of aromatic amines is 1. The SMILES string of the molecule is Cc1ccc(NC(=S)Nc2cccc(SC(C)C(=O)Nc3ccc4cc[nH]c4c3)c2)cc1. The predicted molar refractivity (Wildman–Crippen MR) is 140 cm³/mol. The van der Waals surface area contributed by atoms with Gasteiger partial charge in [0.05, 0.1) is 5.25 Å². The predicted octanol–water partition coefficient (Wildman–Crippen LogP) is 6.40. The Kier molecular flexibility index (Phi) is 6.78. The van der Waals surface area contributed by atoms with Gasteiger partial charge in [-0.2, -0.15) is 0 Å². The van der Waals surface area contributed by atoms with Gasteiger partial charge in [-0.25, -0.2) is 0 Å². The van der Waals surface area contributed by atoms with Gasteiger partial charge in [-0.15, -0.1) is 11.8 Å². The molecule has 4 N–H and O–H groups in total. The van der Waals surface area contributed by atoms with Gasteiger partial charge in [0.1, 0.15) is 0 Å². The monoisotopic (exact) mass is 460 g/mol. The van der Waals surface area contributed by atoms with Gasteiger partial charge in [0, 0.05) is 33.7 Å². The number of hydrogen-bond donors (Lipinski definition) is 4. The van der Waals surface area contributed by atoms with Gasteiger partial charge in [-0.1, -0.05) is 29.8 Å². The van der Waals surface area contributed by atoms with E-state index in [-0.39, 0.29) is 11.2 Å². The van der Waals surface area contributed by atoms with Crippen LogP contribution in [0.5, 0.6) is 0 Å². The molecule has 1 unspecified atom stereocenters. The van der Waals surface area contributed by atoms with Crippen LogP contribution in [0.1, 0.15) is 12.5 Å². The molecule has 0 saturated carbocycles. The number of fused-ring (bicyclic) bond motifs is 1. The highest BCUT2D eigenvalue weighted by molar-refractivity contribution is 8.00. The highest BCUT2D eigenvalue weighted by atomic mass is 32.2. The highest BCUT2D eigenvalue weighted by Crippen LogP contribution is 2.27. The normalized spacial score (nSPS) is 11.7. The van der Waals surface area contributed by atoms with Gasteiger partial charge in [-0.3, -0.25) is 4.79 Å². The molecular weight excluding hydrogens is 436 g/mol. The first-order valence-electron chi connectivity index (χ1n) is 10.3. The second-order valence-corrected chi connectivity index (χ2v) is 9.32. The largest absolute Gasteiger partial charge is 0.361 e. The second kappa shape index (κ2) is 9.89. The number of nitrogens with one attached hydrogen (secondary N) is 4. The lowest BCUT2D eigenvalue weighted by molar-refractivity contribution is -0.115. The molecule has 0 fully saturated rings. The Morgan fingerprint density at radius 2 is 1.62 bits per heavy atom. The first-order valence-corrected chi connectivity index (χ1v) is 11.5. The maximum absolute atomic E-state index is 12.7. The molecule has 5 nitrogen and oxygen atoms in total. The van der Waals surface area contributed by atoms with Crippen LogP contribution in [0.15, 0.2) is 83.9 Å². The van der Waals surface area contributed by atoms with E-state index in [4.69, 9.17) is 12.2 Å². The Balaban J connectivity index is 1.34. The van der Waals surface area contributed by atoms with Crippen LogP contribution in [0.25, 0.3) is 10.9 Å². The average Bonchev–Trinajstić information content (AvgIpc) is 3.23. The fourth-order valence-corrected chi connectivity index (χ4v) is 4.37. The van der Waals surface area contributed by atoms with Crippen LogP contribution in [0.4, 0.5) is 17.1 Å². The number of hydrogen-bond acceptors (Lipinski definition) is 3. The summed E-state index contributed by atoms with van der Waals surface area (Å²) in [4.78, 5) is 16.8. The standard InChI is InChI=1S/C25H24N4OS2/c1-16-6-9-19(10-7-16)28-25(31)29-20-4-3-5-22(14-20)32-17(2)24(30)27-21-11-8-18-12-13-26-23(18)15-21/h3-15,17,26H,1-2H3,(H,27,30)(H2,28,29,31). The minimum atomic E-state index is -0.262.